The van der Waals surface area contributed by atoms with Crippen molar-refractivity contribution >= 4 is 46.3 Å². The molecule has 0 N–H and O–H groups in total. The van der Waals surface area contributed by atoms with Gasteiger partial charge in [0.05, 0.1) is 17.0 Å². The molecule has 2 heterocycles. The molecule has 0 radical (unpaired) electrons. The number of furan rings is 1. The molecule has 1 amide bonds. The Hall–Kier alpha value is -3.16. The van der Waals surface area contributed by atoms with Crippen molar-refractivity contribution in [2.75, 3.05) is 0 Å². The normalized spacial score (nSPS) is 15.4. The van der Waals surface area contributed by atoms with E-state index in [4.69, 9.17) is 21.4 Å². The number of amides is 1. The van der Waals surface area contributed by atoms with E-state index in [2.05, 4.69) is 0 Å². The number of thiocarbonyl (C=S) groups is 1. The lowest BCUT2D eigenvalue weighted by Crippen LogP contribution is -2.27. The first-order valence-corrected chi connectivity index (χ1v) is 11.6. The van der Waals surface area contributed by atoms with E-state index in [-0.39, 0.29) is 11.9 Å². The van der Waals surface area contributed by atoms with Gasteiger partial charge in [-0.25, -0.2) is 4.79 Å². The molecule has 1 fully saturated rings. The Morgan fingerprint density at radius 2 is 1.76 bits per heavy atom. The minimum absolute atomic E-state index is 0.131. The highest BCUT2D eigenvalue weighted by atomic mass is 32.2. The summed E-state index contributed by atoms with van der Waals surface area (Å²) >= 11 is 6.68. The molecule has 33 heavy (non-hydrogen) atoms. The van der Waals surface area contributed by atoms with Crippen LogP contribution < -0.4 is 0 Å². The van der Waals surface area contributed by atoms with Gasteiger partial charge in [-0.05, 0) is 50.6 Å². The summed E-state index contributed by atoms with van der Waals surface area (Å²) in [6.45, 7) is 5.94. The van der Waals surface area contributed by atoms with Crippen LogP contribution in [-0.4, -0.2) is 26.7 Å². The summed E-state index contributed by atoms with van der Waals surface area (Å²) in [5.41, 5.74) is 1.76. The largest absolute Gasteiger partial charge is 0.457 e. The fourth-order valence-electron chi connectivity index (χ4n) is 3.22. The molecule has 0 unspecified atom stereocenters. The molecule has 3 aromatic rings. The zero-order chi connectivity index (χ0) is 23.6. The third kappa shape index (κ3) is 5.61. The van der Waals surface area contributed by atoms with E-state index in [1.54, 1.807) is 41.3 Å². The Bertz CT molecular complexity index is 1220. The van der Waals surface area contributed by atoms with Crippen LogP contribution in [0.4, 0.5) is 0 Å². The first-order valence-electron chi connectivity index (χ1n) is 10.4. The lowest BCUT2D eigenvalue weighted by Gasteiger charge is -2.19. The van der Waals surface area contributed by atoms with Crippen molar-refractivity contribution in [1.82, 2.24) is 4.90 Å². The van der Waals surface area contributed by atoms with E-state index in [0.717, 1.165) is 11.1 Å². The van der Waals surface area contributed by atoms with Gasteiger partial charge in [-0.1, -0.05) is 66.4 Å². The maximum Gasteiger partial charge on any atom is 0.338 e. The molecular formula is C26H23NO4S2. The third-order valence-corrected chi connectivity index (χ3v) is 6.14. The molecule has 1 aliphatic heterocycles. The highest BCUT2D eigenvalue weighted by Gasteiger charge is 2.32. The number of hydrogen-bond donors (Lipinski definition) is 0. The molecule has 5 nitrogen and oxygen atoms in total. The molecule has 0 aliphatic carbocycles. The van der Waals surface area contributed by atoms with Crippen LogP contribution in [0.2, 0.25) is 0 Å². The van der Waals surface area contributed by atoms with E-state index in [1.807, 2.05) is 57.2 Å². The average Bonchev–Trinajstić information content (AvgIpc) is 3.34. The highest BCUT2D eigenvalue weighted by molar-refractivity contribution is 8.26. The molecule has 0 saturated carbocycles. The van der Waals surface area contributed by atoms with Crippen molar-refractivity contribution in [3.63, 3.8) is 0 Å². The number of nitrogens with zero attached hydrogens (tertiary/aromatic N) is 1. The second-order valence-corrected chi connectivity index (χ2v) is 10.2. The Balaban J connectivity index is 1.47. The average molecular weight is 478 g/mol. The van der Waals surface area contributed by atoms with Crippen molar-refractivity contribution in [2.45, 2.75) is 32.9 Å². The Labute approximate surface area is 202 Å². The summed E-state index contributed by atoms with van der Waals surface area (Å²) < 4.78 is 11.9. The molecule has 0 atom stereocenters. The molecule has 0 spiro atoms. The Morgan fingerprint density at radius 3 is 2.42 bits per heavy atom. The first-order chi connectivity index (χ1) is 15.7. The first kappa shape index (κ1) is 23.0. The summed E-state index contributed by atoms with van der Waals surface area (Å²) in [7, 11) is 0. The molecule has 1 saturated heterocycles. The van der Waals surface area contributed by atoms with Gasteiger partial charge in [0.25, 0.3) is 5.91 Å². The Kier molecular flexibility index (Phi) is 6.54. The standard InChI is InChI=1S/C26H23NO4S2/c1-26(2,3)31-24(29)19-11-9-18(10-12-19)21-14-13-20(30-21)15-22-23(28)27(25(32)33-22)16-17-7-5-4-6-8-17/h4-15H,16H2,1-3H3/b22-15+. The Morgan fingerprint density at radius 1 is 1.06 bits per heavy atom. The maximum absolute atomic E-state index is 12.9. The second kappa shape index (κ2) is 9.37. The topological polar surface area (TPSA) is 59.8 Å². The van der Waals surface area contributed by atoms with E-state index in [0.29, 0.717) is 32.9 Å². The summed E-state index contributed by atoms with van der Waals surface area (Å²) in [5, 5.41) is 0. The van der Waals surface area contributed by atoms with Crippen LogP contribution in [0, 0.1) is 0 Å². The molecule has 168 valence electrons. The summed E-state index contributed by atoms with van der Waals surface area (Å²) in [6, 6.07) is 20.4. The van der Waals surface area contributed by atoms with Crippen LogP contribution in [0.1, 0.15) is 42.5 Å². The number of rotatable bonds is 5. The SMILES string of the molecule is CC(C)(C)OC(=O)c1ccc(-c2ccc(/C=C3/SC(=S)N(Cc4ccccc4)C3=O)o2)cc1. The zero-order valence-corrected chi connectivity index (χ0v) is 20.2. The second-order valence-electron chi connectivity index (χ2n) is 8.53. The lowest BCUT2D eigenvalue weighted by molar-refractivity contribution is -0.122. The molecule has 0 bridgehead atoms. The highest BCUT2D eigenvalue weighted by Crippen LogP contribution is 2.34. The van der Waals surface area contributed by atoms with Crippen molar-refractivity contribution in [2.24, 2.45) is 0 Å². The molecule has 2 aromatic carbocycles. The van der Waals surface area contributed by atoms with Gasteiger partial charge in [-0.2, -0.15) is 0 Å². The fourth-order valence-corrected chi connectivity index (χ4v) is 4.46. The lowest BCUT2D eigenvalue weighted by atomic mass is 10.1. The van der Waals surface area contributed by atoms with Gasteiger partial charge < -0.3 is 9.15 Å². The maximum atomic E-state index is 12.9. The monoisotopic (exact) mass is 477 g/mol. The van der Waals surface area contributed by atoms with E-state index in [9.17, 15) is 9.59 Å². The smallest absolute Gasteiger partial charge is 0.338 e. The molecule has 7 heteroatoms. The predicted molar refractivity (Wildman–Crippen MR) is 134 cm³/mol. The zero-order valence-electron chi connectivity index (χ0n) is 18.5. The predicted octanol–water partition coefficient (Wildman–Crippen LogP) is 6.30. The number of carbonyl (C=O) groups is 2. The number of carbonyl (C=O) groups excluding carboxylic acids is 2. The molecule has 4 rings (SSSR count). The summed E-state index contributed by atoms with van der Waals surface area (Å²) in [6.07, 6.45) is 1.71. The van der Waals surface area contributed by atoms with Crippen molar-refractivity contribution in [1.29, 1.82) is 0 Å². The number of esters is 1. The quantitative estimate of drug-likeness (QED) is 0.244. The number of hydrogen-bond acceptors (Lipinski definition) is 6. The van der Waals surface area contributed by atoms with E-state index < -0.39 is 5.60 Å². The van der Waals surface area contributed by atoms with Crippen molar-refractivity contribution in [3.05, 3.63) is 88.5 Å². The van der Waals surface area contributed by atoms with Gasteiger partial charge in [-0.3, -0.25) is 9.69 Å². The summed E-state index contributed by atoms with van der Waals surface area (Å²) in [4.78, 5) is 27.2. The van der Waals surface area contributed by atoms with Crippen molar-refractivity contribution in [3.8, 4) is 11.3 Å². The number of thioether (sulfide) groups is 1. The van der Waals surface area contributed by atoms with Gasteiger partial charge in [0.2, 0.25) is 0 Å². The number of benzene rings is 2. The fraction of sp³-hybridized carbons (Fsp3) is 0.192. The van der Waals surface area contributed by atoms with Crippen LogP contribution in [0.5, 0.6) is 0 Å². The van der Waals surface area contributed by atoms with Crippen molar-refractivity contribution < 1.29 is 18.7 Å². The van der Waals surface area contributed by atoms with Gasteiger partial charge >= 0.3 is 5.97 Å². The van der Waals surface area contributed by atoms with Crippen LogP contribution in [0.3, 0.4) is 0 Å². The minimum Gasteiger partial charge on any atom is -0.457 e. The van der Waals surface area contributed by atoms with Crippen LogP contribution in [-0.2, 0) is 16.1 Å². The van der Waals surface area contributed by atoms with Crippen LogP contribution in [0.15, 0.2) is 76.1 Å². The van der Waals surface area contributed by atoms with E-state index in [1.165, 1.54) is 11.8 Å². The third-order valence-electron chi connectivity index (χ3n) is 4.76. The molecular weight excluding hydrogens is 454 g/mol. The van der Waals surface area contributed by atoms with Gasteiger partial charge in [-0.15, -0.1) is 0 Å². The van der Waals surface area contributed by atoms with Gasteiger partial charge in [0.15, 0.2) is 0 Å². The number of ether oxygens (including phenoxy) is 1. The summed E-state index contributed by atoms with van der Waals surface area (Å²) in [5.74, 6) is 0.693. The van der Waals surface area contributed by atoms with E-state index >= 15 is 0 Å². The van der Waals surface area contributed by atoms with Gasteiger partial charge in [0.1, 0.15) is 21.4 Å². The minimum atomic E-state index is -0.548. The molecule has 1 aliphatic rings. The molecule has 1 aromatic heterocycles. The van der Waals surface area contributed by atoms with Crippen LogP contribution in [0.25, 0.3) is 17.4 Å². The van der Waals surface area contributed by atoms with Crippen LogP contribution >= 0.6 is 24.0 Å². The van der Waals surface area contributed by atoms with Gasteiger partial charge in [0, 0.05) is 11.6 Å².